The Morgan fingerprint density at radius 2 is 1.61 bits per heavy atom. The van der Waals surface area contributed by atoms with Crippen LogP contribution in [0.4, 0.5) is 11.5 Å². The number of hydrogen-bond acceptors (Lipinski definition) is 7. The molecule has 8 heteroatoms. The molecule has 4 rings (SSSR count). The highest BCUT2D eigenvalue weighted by atomic mass is 16.5. The Kier molecular flexibility index (Phi) is 4.67. The summed E-state index contributed by atoms with van der Waals surface area (Å²) < 4.78 is 16.2. The number of nitrogens with zero attached hydrogens (tertiary/aromatic N) is 3. The van der Waals surface area contributed by atoms with E-state index in [-0.39, 0.29) is 0 Å². The number of fused-ring (bicyclic) bond motifs is 1. The van der Waals surface area contributed by atoms with Crippen LogP contribution < -0.4 is 19.5 Å². The highest BCUT2D eigenvalue weighted by Gasteiger charge is 2.15. The van der Waals surface area contributed by atoms with E-state index in [1.807, 2.05) is 42.5 Å². The number of aromatic nitrogens is 4. The quantitative estimate of drug-likeness (QED) is 0.528. The van der Waals surface area contributed by atoms with Gasteiger partial charge in [-0.1, -0.05) is 30.3 Å². The molecule has 2 heterocycles. The number of H-pyrrole nitrogens is 1. The first-order chi connectivity index (χ1) is 13.7. The van der Waals surface area contributed by atoms with Crippen molar-refractivity contribution >= 4 is 22.7 Å². The molecule has 0 aliphatic rings. The molecular formula is C20H19N5O3. The van der Waals surface area contributed by atoms with Gasteiger partial charge in [0.15, 0.2) is 23.0 Å². The standard InChI is InChI=1S/C20H19N5O3/c1-26-14-9-13(10-15(27-2)17(14)28-3)23-19-16-20(22-11-21-19)25-18(24-16)12-7-5-4-6-8-12/h4-11H,1-3H3,(H2,21,22,23,24,25). The molecule has 4 aromatic rings. The molecule has 0 saturated heterocycles. The summed E-state index contributed by atoms with van der Waals surface area (Å²) in [5.74, 6) is 2.93. The molecule has 2 N–H and O–H groups in total. The first-order valence-electron chi connectivity index (χ1n) is 8.56. The van der Waals surface area contributed by atoms with Crippen molar-refractivity contribution in [3.05, 3.63) is 48.8 Å². The van der Waals surface area contributed by atoms with Crippen molar-refractivity contribution in [2.24, 2.45) is 0 Å². The third-order valence-electron chi connectivity index (χ3n) is 4.26. The average molecular weight is 377 g/mol. The Labute approximate surface area is 161 Å². The van der Waals surface area contributed by atoms with E-state index in [0.717, 1.165) is 17.1 Å². The predicted octanol–water partition coefficient (Wildman–Crippen LogP) is 3.79. The van der Waals surface area contributed by atoms with E-state index in [0.29, 0.717) is 34.2 Å². The van der Waals surface area contributed by atoms with Gasteiger partial charge in [0.2, 0.25) is 5.75 Å². The molecule has 0 atom stereocenters. The summed E-state index contributed by atoms with van der Waals surface area (Å²) in [6, 6.07) is 13.5. The van der Waals surface area contributed by atoms with Crippen LogP contribution in [-0.2, 0) is 0 Å². The van der Waals surface area contributed by atoms with Gasteiger partial charge < -0.3 is 24.5 Å². The summed E-state index contributed by atoms with van der Waals surface area (Å²) in [5.41, 5.74) is 2.98. The molecule has 0 bridgehead atoms. The van der Waals surface area contributed by atoms with Crippen LogP contribution in [0.5, 0.6) is 17.2 Å². The fraction of sp³-hybridized carbons (Fsp3) is 0.150. The number of anilines is 2. The first kappa shape index (κ1) is 17.6. The van der Waals surface area contributed by atoms with Crippen LogP contribution in [0.15, 0.2) is 48.8 Å². The number of ether oxygens (including phenoxy) is 3. The van der Waals surface area contributed by atoms with Gasteiger partial charge in [-0.25, -0.2) is 15.0 Å². The van der Waals surface area contributed by atoms with E-state index < -0.39 is 0 Å². The lowest BCUT2D eigenvalue weighted by molar-refractivity contribution is 0.324. The number of imidazole rings is 1. The van der Waals surface area contributed by atoms with E-state index in [1.54, 1.807) is 21.3 Å². The SMILES string of the molecule is COc1cc(Nc2ncnc3nc(-c4ccccc4)[nH]c23)cc(OC)c1OC. The molecule has 0 aliphatic carbocycles. The Bertz CT molecular complexity index is 1090. The topological polar surface area (TPSA) is 94.2 Å². The van der Waals surface area contributed by atoms with E-state index in [2.05, 4.69) is 25.3 Å². The van der Waals surface area contributed by atoms with Gasteiger partial charge in [0.05, 0.1) is 21.3 Å². The molecule has 28 heavy (non-hydrogen) atoms. The number of methoxy groups -OCH3 is 3. The van der Waals surface area contributed by atoms with E-state index in [9.17, 15) is 0 Å². The summed E-state index contributed by atoms with van der Waals surface area (Å²) in [5, 5.41) is 3.27. The van der Waals surface area contributed by atoms with Gasteiger partial charge in [-0.2, -0.15) is 0 Å². The van der Waals surface area contributed by atoms with E-state index >= 15 is 0 Å². The number of benzene rings is 2. The number of rotatable bonds is 6. The second kappa shape index (κ2) is 7.43. The normalized spacial score (nSPS) is 10.7. The Balaban J connectivity index is 1.75. The molecule has 0 unspecified atom stereocenters. The molecule has 0 spiro atoms. The second-order valence-electron chi connectivity index (χ2n) is 5.91. The molecule has 142 valence electrons. The molecule has 0 saturated carbocycles. The van der Waals surface area contributed by atoms with Crippen LogP contribution in [0.2, 0.25) is 0 Å². The lowest BCUT2D eigenvalue weighted by Crippen LogP contribution is -1.99. The first-order valence-corrected chi connectivity index (χ1v) is 8.56. The number of nitrogens with one attached hydrogen (secondary N) is 2. The van der Waals surface area contributed by atoms with Crippen molar-refractivity contribution in [2.45, 2.75) is 0 Å². The number of aromatic amines is 1. The van der Waals surface area contributed by atoms with Gasteiger partial charge in [-0.15, -0.1) is 0 Å². The van der Waals surface area contributed by atoms with Gasteiger partial charge in [-0.3, -0.25) is 0 Å². The summed E-state index contributed by atoms with van der Waals surface area (Å²) in [6.07, 6.45) is 1.47. The smallest absolute Gasteiger partial charge is 0.203 e. The summed E-state index contributed by atoms with van der Waals surface area (Å²) in [6.45, 7) is 0. The third-order valence-corrected chi connectivity index (χ3v) is 4.26. The van der Waals surface area contributed by atoms with Crippen LogP contribution in [0.25, 0.3) is 22.6 Å². The maximum atomic E-state index is 5.41. The maximum absolute atomic E-state index is 5.41. The van der Waals surface area contributed by atoms with Crippen molar-refractivity contribution in [1.29, 1.82) is 0 Å². The van der Waals surface area contributed by atoms with Crippen molar-refractivity contribution < 1.29 is 14.2 Å². The Morgan fingerprint density at radius 3 is 2.25 bits per heavy atom. The van der Waals surface area contributed by atoms with Crippen LogP contribution in [0.3, 0.4) is 0 Å². The monoisotopic (exact) mass is 377 g/mol. The van der Waals surface area contributed by atoms with Gasteiger partial charge in [0.25, 0.3) is 0 Å². The fourth-order valence-electron chi connectivity index (χ4n) is 2.95. The van der Waals surface area contributed by atoms with Crippen LogP contribution in [-0.4, -0.2) is 41.3 Å². The fourth-order valence-corrected chi connectivity index (χ4v) is 2.95. The summed E-state index contributed by atoms with van der Waals surface area (Å²) >= 11 is 0. The van der Waals surface area contributed by atoms with Gasteiger partial charge in [0, 0.05) is 23.4 Å². The molecule has 0 fully saturated rings. The molecule has 0 aliphatic heterocycles. The molecule has 8 nitrogen and oxygen atoms in total. The van der Waals surface area contributed by atoms with Crippen LogP contribution >= 0.6 is 0 Å². The van der Waals surface area contributed by atoms with Crippen molar-refractivity contribution in [2.75, 3.05) is 26.6 Å². The van der Waals surface area contributed by atoms with E-state index in [1.165, 1.54) is 6.33 Å². The van der Waals surface area contributed by atoms with Crippen LogP contribution in [0, 0.1) is 0 Å². The summed E-state index contributed by atoms with van der Waals surface area (Å²) in [7, 11) is 4.72. The zero-order valence-electron chi connectivity index (χ0n) is 15.7. The minimum atomic E-state index is 0.524. The Morgan fingerprint density at radius 1 is 0.893 bits per heavy atom. The average Bonchev–Trinajstić information content (AvgIpc) is 3.19. The van der Waals surface area contributed by atoms with E-state index in [4.69, 9.17) is 14.2 Å². The summed E-state index contributed by atoms with van der Waals surface area (Å²) in [4.78, 5) is 16.5. The zero-order chi connectivity index (χ0) is 19.5. The van der Waals surface area contributed by atoms with Gasteiger partial charge in [-0.05, 0) is 0 Å². The highest BCUT2D eigenvalue weighted by Crippen LogP contribution is 2.40. The second-order valence-corrected chi connectivity index (χ2v) is 5.91. The highest BCUT2D eigenvalue weighted by molar-refractivity contribution is 5.87. The molecule has 0 amide bonds. The molecule has 2 aromatic carbocycles. The predicted molar refractivity (Wildman–Crippen MR) is 107 cm³/mol. The lowest BCUT2D eigenvalue weighted by Gasteiger charge is -2.14. The minimum absolute atomic E-state index is 0.524. The van der Waals surface area contributed by atoms with Gasteiger partial charge >= 0.3 is 0 Å². The lowest BCUT2D eigenvalue weighted by atomic mass is 10.2. The molecular weight excluding hydrogens is 358 g/mol. The minimum Gasteiger partial charge on any atom is -0.493 e. The molecule has 0 radical (unpaired) electrons. The number of hydrogen-bond donors (Lipinski definition) is 2. The Hall–Kier alpha value is -3.81. The van der Waals surface area contributed by atoms with Crippen molar-refractivity contribution in [3.8, 4) is 28.6 Å². The zero-order valence-corrected chi connectivity index (χ0v) is 15.7. The van der Waals surface area contributed by atoms with Gasteiger partial charge in [0.1, 0.15) is 17.7 Å². The largest absolute Gasteiger partial charge is 0.493 e. The van der Waals surface area contributed by atoms with Crippen molar-refractivity contribution in [3.63, 3.8) is 0 Å². The molecule has 2 aromatic heterocycles. The van der Waals surface area contributed by atoms with Crippen molar-refractivity contribution in [1.82, 2.24) is 19.9 Å². The third kappa shape index (κ3) is 3.16. The van der Waals surface area contributed by atoms with Crippen LogP contribution in [0.1, 0.15) is 0 Å². The maximum Gasteiger partial charge on any atom is 0.203 e.